The molecule has 0 aliphatic carbocycles. The third kappa shape index (κ3) is 3.31. The van der Waals surface area contributed by atoms with Crippen molar-refractivity contribution < 1.29 is 18.8 Å². The highest BCUT2D eigenvalue weighted by atomic mass is 19.1. The predicted octanol–water partition coefficient (Wildman–Crippen LogP) is 2.99. The van der Waals surface area contributed by atoms with E-state index in [1.54, 1.807) is 38.2 Å². The van der Waals surface area contributed by atoms with E-state index in [-0.39, 0.29) is 16.8 Å². The molecule has 0 bridgehead atoms. The third-order valence-corrected chi connectivity index (χ3v) is 4.25. The van der Waals surface area contributed by atoms with E-state index in [1.165, 1.54) is 24.3 Å². The lowest BCUT2D eigenvalue weighted by Gasteiger charge is -2.13. The van der Waals surface area contributed by atoms with Crippen LogP contribution in [0.5, 0.6) is 0 Å². The molecule has 0 spiro atoms. The number of pyridine rings is 1. The van der Waals surface area contributed by atoms with Crippen molar-refractivity contribution in [3.8, 4) is 22.4 Å². The molecular formula is C19H16BF2NO2. The van der Waals surface area contributed by atoms with Crippen molar-refractivity contribution in [2.75, 3.05) is 0 Å². The summed E-state index contributed by atoms with van der Waals surface area (Å²) in [6, 6.07) is 10.3. The first kappa shape index (κ1) is 17.3. The average molecular weight is 339 g/mol. The van der Waals surface area contributed by atoms with Crippen molar-refractivity contribution in [1.82, 2.24) is 4.98 Å². The summed E-state index contributed by atoms with van der Waals surface area (Å²) in [4.78, 5) is 4.30. The predicted molar refractivity (Wildman–Crippen MR) is 94.3 cm³/mol. The fourth-order valence-electron chi connectivity index (χ4n) is 2.98. The maximum absolute atomic E-state index is 14.4. The molecule has 0 aliphatic rings. The minimum atomic E-state index is -1.68. The van der Waals surface area contributed by atoms with Gasteiger partial charge in [0.25, 0.3) is 0 Å². The zero-order valence-electron chi connectivity index (χ0n) is 13.8. The lowest BCUT2D eigenvalue weighted by molar-refractivity contribution is 0.425. The number of hydrogen-bond acceptors (Lipinski definition) is 3. The van der Waals surface area contributed by atoms with Crippen LogP contribution >= 0.6 is 0 Å². The van der Waals surface area contributed by atoms with Gasteiger partial charge in [0.2, 0.25) is 0 Å². The summed E-state index contributed by atoms with van der Waals surface area (Å²) >= 11 is 0. The molecule has 0 fully saturated rings. The van der Waals surface area contributed by atoms with E-state index in [4.69, 9.17) is 0 Å². The number of halogens is 2. The number of nitrogens with zero attached hydrogens (tertiary/aromatic N) is 1. The summed E-state index contributed by atoms with van der Waals surface area (Å²) < 4.78 is 27.7. The Kier molecular flexibility index (Phi) is 4.66. The number of aryl methyl sites for hydroxylation is 1. The Morgan fingerprint density at radius 2 is 1.72 bits per heavy atom. The number of rotatable bonds is 3. The molecule has 3 aromatic rings. The van der Waals surface area contributed by atoms with Crippen LogP contribution in [0.4, 0.5) is 8.78 Å². The van der Waals surface area contributed by atoms with Gasteiger partial charge in [-0.15, -0.1) is 0 Å². The van der Waals surface area contributed by atoms with Gasteiger partial charge < -0.3 is 10.0 Å². The number of benzene rings is 2. The molecule has 0 unspecified atom stereocenters. The Hall–Kier alpha value is -2.57. The summed E-state index contributed by atoms with van der Waals surface area (Å²) in [5.41, 5.74) is 3.60. The standard InChI is InChI=1S/C19H16BF2NO2/c1-11-9-14(21)3-4-15(11)18-10-13(7-8-23-18)19-12(2)16(20(24)25)5-6-17(19)22/h3-10,24-25H,1-2H3. The third-order valence-electron chi connectivity index (χ3n) is 4.25. The molecule has 2 N–H and O–H groups in total. The SMILES string of the molecule is Cc1cc(F)ccc1-c1cc(-c2c(F)ccc(B(O)O)c2C)ccn1. The van der Waals surface area contributed by atoms with Crippen molar-refractivity contribution in [2.24, 2.45) is 0 Å². The molecule has 1 heterocycles. The average Bonchev–Trinajstić information content (AvgIpc) is 2.55. The van der Waals surface area contributed by atoms with Gasteiger partial charge in [0.1, 0.15) is 11.6 Å². The summed E-state index contributed by atoms with van der Waals surface area (Å²) in [6.45, 7) is 3.41. The second-order valence-electron chi connectivity index (χ2n) is 5.90. The number of hydrogen-bond donors (Lipinski definition) is 2. The Bertz CT molecular complexity index is 945. The molecule has 3 nitrogen and oxygen atoms in total. The second kappa shape index (κ2) is 6.74. The van der Waals surface area contributed by atoms with E-state index in [0.717, 1.165) is 11.1 Å². The van der Waals surface area contributed by atoms with Crippen LogP contribution in [0.3, 0.4) is 0 Å². The van der Waals surface area contributed by atoms with E-state index in [0.29, 0.717) is 16.8 Å². The van der Waals surface area contributed by atoms with E-state index in [2.05, 4.69) is 4.98 Å². The number of aromatic nitrogens is 1. The second-order valence-corrected chi connectivity index (χ2v) is 5.90. The lowest BCUT2D eigenvalue weighted by Crippen LogP contribution is -2.32. The van der Waals surface area contributed by atoms with E-state index in [9.17, 15) is 18.8 Å². The minimum absolute atomic E-state index is 0.243. The van der Waals surface area contributed by atoms with E-state index in [1.807, 2.05) is 0 Å². The van der Waals surface area contributed by atoms with Crippen molar-refractivity contribution in [3.05, 3.63) is 71.4 Å². The summed E-state index contributed by atoms with van der Waals surface area (Å²) in [5, 5.41) is 18.9. The highest BCUT2D eigenvalue weighted by Gasteiger charge is 2.20. The van der Waals surface area contributed by atoms with Gasteiger partial charge >= 0.3 is 7.12 Å². The summed E-state index contributed by atoms with van der Waals surface area (Å²) in [7, 11) is -1.68. The zero-order chi connectivity index (χ0) is 18.1. The highest BCUT2D eigenvalue weighted by Crippen LogP contribution is 2.30. The molecule has 0 atom stereocenters. The first-order chi connectivity index (χ1) is 11.9. The quantitative estimate of drug-likeness (QED) is 0.722. The Labute approximate surface area is 144 Å². The van der Waals surface area contributed by atoms with Crippen LogP contribution < -0.4 is 5.46 Å². The molecule has 0 amide bonds. The van der Waals surface area contributed by atoms with Gasteiger partial charge in [0.05, 0.1) is 5.69 Å². The minimum Gasteiger partial charge on any atom is -0.423 e. The van der Waals surface area contributed by atoms with Crippen molar-refractivity contribution in [2.45, 2.75) is 13.8 Å². The molecule has 3 rings (SSSR count). The van der Waals surface area contributed by atoms with Crippen LogP contribution in [0.2, 0.25) is 0 Å². The van der Waals surface area contributed by atoms with Gasteiger partial charge in [-0.25, -0.2) is 8.78 Å². The van der Waals surface area contributed by atoms with Gasteiger partial charge in [0.15, 0.2) is 0 Å². The van der Waals surface area contributed by atoms with Gasteiger partial charge in [-0.05, 0) is 72.4 Å². The van der Waals surface area contributed by atoms with Crippen LogP contribution in [0.15, 0.2) is 48.7 Å². The van der Waals surface area contributed by atoms with Crippen LogP contribution in [0.1, 0.15) is 11.1 Å². The fraction of sp³-hybridized carbons (Fsp3) is 0.105. The van der Waals surface area contributed by atoms with Gasteiger partial charge in [0, 0.05) is 17.3 Å². The Morgan fingerprint density at radius 1 is 0.960 bits per heavy atom. The topological polar surface area (TPSA) is 53.4 Å². The van der Waals surface area contributed by atoms with Crippen molar-refractivity contribution in [3.63, 3.8) is 0 Å². The molecule has 6 heteroatoms. The first-order valence-corrected chi connectivity index (χ1v) is 7.76. The fourth-order valence-corrected chi connectivity index (χ4v) is 2.98. The largest absolute Gasteiger partial charge is 0.488 e. The smallest absolute Gasteiger partial charge is 0.423 e. The monoisotopic (exact) mass is 339 g/mol. The van der Waals surface area contributed by atoms with E-state index < -0.39 is 12.9 Å². The summed E-state index contributed by atoms with van der Waals surface area (Å²) in [5.74, 6) is -0.793. The normalized spacial score (nSPS) is 10.8. The van der Waals surface area contributed by atoms with Crippen LogP contribution in [0, 0.1) is 25.5 Å². The Balaban J connectivity index is 2.16. The first-order valence-electron chi connectivity index (χ1n) is 7.76. The van der Waals surface area contributed by atoms with Crippen LogP contribution in [-0.2, 0) is 0 Å². The highest BCUT2D eigenvalue weighted by molar-refractivity contribution is 6.59. The van der Waals surface area contributed by atoms with Crippen LogP contribution in [0.25, 0.3) is 22.4 Å². The van der Waals surface area contributed by atoms with Crippen molar-refractivity contribution in [1.29, 1.82) is 0 Å². The molecule has 0 radical (unpaired) electrons. The molecule has 0 saturated carbocycles. The molecule has 126 valence electrons. The summed E-state index contributed by atoms with van der Waals surface area (Å²) in [6.07, 6.45) is 1.55. The maximum atomic E-state index is 14.4. The maximum Gasteiger partial charge on any atom is 0.488 e. The Morgan fingerprint density at radius 3 is 2.40 bits per heavy atom. The molecule has 0 saturated heterocycles. The molecule has 2 aromatic carbocycles. The molecule has 25 heavy (non-hydrogen) atoms. The van der Waals surface area contributed by atoms with Crippen LogP contribution in [-0.4, -0.2) is 22.2 Å². The van der Waals surface area contributed by atoms with Gasteiger partial charge in [-0.3, -0.25) is 4.98 Å². The van der Waals surface area contributed by atoms with Gasteiger partial charge in [-0.2, -0.15) is 0 Å². The lowest BCUT2D eigenvalue weighted by atomic mass is 9.75. The molecular weight excluding hydrogens is 323 g/mol. The zero-order valence-corrected chi connectivity index (χ0v) is 13.8. The molecule has 1 aromatic heterocycles. The van der Waals surface area contributed by atoms with Gasteiger partial charge in [-0.1, -0.05) is 6.07 Å². The van der Waals surface area contributed by atoms with Crippen molar-refractivity contribution >= 4 is 12.6 Å². The van der Waals surface area contributed by atoms with E-state index >= 15 is 0 Å². The molecule has 0 aliphatic heterocycles.